The van der Waals surface area contributed by atoms with Gasteiger partial charge in [-0.15, -0.1) is 0 Å². The van der Waals surface area contributed by atoms with Gasteiger partial charge in [-0.3, -0.25) is 9.78 Å². The van der Waals surface area contributed by atoms with Crippen molar-refractivity contribution >= 4 is 29.0 Å². The lowest BCUT2D eigenvalue weighted by atomic mass is 9.89. The zero-order chi connectivity index (χ0) is 21.9. The molecule has 0 bridgehead atoms. The number of hydrogen-bond acceptors (Lipinski definition) is 7. The molecule has 4 N–H and O–H groups in total. The van der Waals surface area contributed by atoms with Crippen LogP contribution in [0.4, 0.5) is 23.1 Å². The van der Waals surface area contributed by atoms with E-state index in [1.54, 1.807) is 0 Å². The molecule has 1 aromatic carbocycles. The second-order valence-corrected chi connectivity index (χ2v) is 8.46. The van der Waals surface area contributed by atoms with Crippen molar-refractivity contribution in [1.82, 2.24) is 15.0 Å². The van der Waals surface area contributed by atoms with Crippen LogP contribution in [0.3, 0.4) is 0 Å². The lowest BCUT2D eigenvalue weighted by Gasteiger charge is -2.33. The van der Waals surface area contributed by atoms with E-state index >= 15 is 0 Å². The fourth-order valence-corrected chi connectivity index (χ4v) is 4.13. The summed E-state index contributed by atoms with van der Waals surface area (Å²) in [6.45, 7) is 2.07. The Morgan fingerprint density at radius 2 is 1.81 bits per heavy atom. The standard InChI is InChI=1S/C24H27N7O/c25-22(32)21-15-27-24(30-23(21)28-18-7-8-18)29-19-5-3-16(4-6-19)17-9-12-31(13-10-17)20-2-1-11-26-14-20/h1-6,11,14-15,17-18H,7-10,12-13H2,(H2,25,32)(H2,27,28,29,30). The Bertz CT molecular complexity index is 1080. The molecule has 1 saturated heterocycles. The number of hydrogen-bond donors (Lipinski definition) is 3. The van der Waals surface area contributed by atoms with E-state index in [2.05, 4.69) is 60.8 Å². The van der Waals surface area contributed by atoms with Crippen LogP contribution in [-0.4, -0.2) is 40.0 Å². The molecule has 1 saturated carbocycles. The molecule has 164 valence electrons. The number of benzene rings is 1. The smallest absolute Gasteiger partial charge is 0.254 e. The number of primary amides is 1. The molecular weight excluding hydrogens is 402 g/mol. The minimum atomic E-state index is -0.529. The number of carbonyl (C=O) groups excluding carboxylic acids is 1. The first-order valence-corrected chi connectivity index (χ1v) is 11.1. The number of aromatic nitrogens is 3. The molecule has 0 atom stereocenters. The number of rotatable bonds is 7. The second kappa shape index (κ2) is 8.82. The van der Waals surface area contributed by atoms with Gasteiger partial charge < -0.3 is 21.3 Å². The van der Waals surface area contributed by atoms with Crippen LogP contribution in [-0.2, 0) is 0 Å². The average Bonchev–Trinajstić information content (AvgIpc) is 3.64. The molecule has 0 radical (unpaired) electrons. The second-order valence-electron chi connectivity index (χ2n) is 8.46. The minimum Gasteiger partial charge on any atom is -0.370 e. The van der Waals surface area contributed by atoms with Gasteiger partial charge in [0.25, 0.3) is 5.91 Å². The van der Waals surface area contributed by atoms with E-state index in [0.29, 0.717) is 29.3 Å². The van der Waals surface area contributed by atoms with E-state index in [-0.39, 0.29) is 0 Å². The third kappa shape index (κ3) is 4.64. The Balaban J connectivity index is 1.22. The van der Waals surface area contributed by atoms with Gasteiger partial charge in [-0.05, 0) is 61.4 Å². The molecule has 8 heteroatoms. The van der Waals surface area contributed by atoms with Gasteiger partial charge in [-0.25, -0.2) is 4.98 Å². The molecule has 8 nitrogen and oxygen atoms in total. The molecule has 3 aromatic rings. The Morgan fingerprint density at radius 1 is 1.03 bits per heavy atom. The number of amides is 1. The van der Waals surface area contributed by atoms with Gasteiger partial charge in [0, 0.05) is 37.2 Å². The fraction of sp³-hybridized carbons (Fsp3) is 0.333. The Morgan fingerprint density at radius 3 is 2.47 bits per heavy atom. The quantitative estimate of drug-likeness (QED) is 0.526. The SMILES string of the molecule is NC(=O)c1cnc(Nc2ccc(C3CCN(c4cccnc4)CC3)cc2)nc1NC1CC1. The van der Waals surface area contributed by atoms with Crippen LogP contribution < -0.4 is 21.3 Å². The van der Waals surface area contributed by atoms with Crippen molar-refractivity contribution in [3.63, 3.8) is 0 Å². The van der Waals surface area contributed by atoms with Gasteiger partial charge in [0.2, 0.25) is 5.95 Å². The van der Waals surface area contributed by atoms with Crippen LogP contribution in [0.5, 0.6) is 0 Å². The molecule has 5 rings (SSSR count). The molecule has 1 amide bonds. The van der Waals surface area contributed by atoms with Crippen molar-refractivity contribution < 1.29 is 4.79 Å². The summed E-state index contributed by atoms with van der Waals surface area (Å²) in [5.41, 5.74) is 9.23. The number of nitrogens with zero attached hydrogens (tertiary/aromatic N) is 4. The van der Waals surface area contributed by atoms with Crippen LogP contribution in [0, 0.1) is 0 Å². The molecular formula is C24H27N7O. The molecule has 1 aliphatic carbocycles. The van der Waals surface area contributed by atoms with Crippen molar-refractivity contribution in [2.24, 2.45) is 5.73 Å². The summed E-state index contributed by atoms with van der Waals surface area (Å²) in [6.07, 6.45) is 9.62. The normalized spacial score (nSPS) is 16.6. The monoisotopic (exact) mass is 429 g/mol. The van der Waals surface area contributed by atoms with E-state index in [9.17, 15) is 4.79 Å². The van der Waals surface area contributed by atoms with E-state index in [0.717, 1.165) is 44.5 Å². The third-order valence-corrected chi connectivity index (χ3v) is 6.12. The van der Waals surface area contributed by atoms with Crippen LogP contribution in [0.2, 0.25) is 0 Å². The highest BCUT2D eigenvalue weighted by atomic mass is 16.1. The fourth-order valence-electron chi connectivity index (χ4n) is 4.13. The highest BCUT2D eigenvalue weighted by molar-refractivity contribution is 5.97. The first kappa shape index (κ1) is 20.2. The van der Waals surface area contributed by atoms with Crippen molar-refractivity contribution in [2.45, 2.75) is 37.6 Å². The van der Waals surface area contributed by atoms with Crippen LogP contribution in [0.15, 0.2) is 55.0 Å². The minimum absolute atomic E-state index is 0.315. The largest absolute Gasteiger partial charge is 0.370 e. The van der Waals surface area contributed by atoms with Gasteiger partial charge in [-0.1, -0.05) is 12.1 Å². The van der Waals surface area contributed by atoms with Crippen molar-refractivity contribution in [3.05, 3.63) is 66.1 Å². The topological polar surface area (TPSA) is 109 Å². The lowest BCUT2D eigenvalue weighted by Crippen LogP contribution is -2.32. The van der Waals surface area contributed by atoms with Gasteiger partial charge in [0.15, 0.2) is 0 Å². The number of nitrogens with one attached hydrogen (secondary N) is 2. The molecule has 0 unspecified atom stereocenters. The van der Waals surface area contributed by atoms with Crippen molar-refractivity contribution in [2.75, 3.05) is 28.6 Å². The van der Waals surface area contributed by atoms with Gasteiger partial charge in [0.1, 0.15) is 5.82 Å². The molecule has 2 fully saturated rings. The van der Waals surface area contributed by atoms with Crippen LogP contribution >= 0.6 is 0 Å². The van der Waals surface area contributed by atoms with E-state index in [1.807, 2.05) is 18.5 Å². The van der Waals surface area contributed by atoms with Crippen molar-refractivity contribution in [1.29, 1.82) is 0 Å². The molecule has 0 spiro atoms. The van der Waals surface area contributed by atoms with Crippen molar-refractivity contribution in [3.8, 4) is 0 Å². The number of nitrogens with two attached hydrogens (primary N) is 1. The van der Waals surface area contributed by atoms with Crippen LogP contribution in [0.25, 0.3) is 0 Å². The maximum atomic E-state index is 11.7. The Labute approximate surface area is 187 Å². The summed E-state index contributed by atoms with van der Waals surface area (Å²) < 4.78 is 0. The zero-order valence-electron chi connectivity index (χ0n) is 17.9. The van der Waals surface area contributed by atoms with Gasteiger partial charge in [0.05, 0.1) is 17.4 Å². The number of piperidine rings is 1. The van der Waals surface area contributed by atoms with E-state index in [1.165, 1.54) is 17.4 Å². The first-order valence-electron chi connectivity index (χ1n) is 11.1. The molecule has 2 aliphatic rings. The highest BCUT2D eigenvalue weighted by Crippen LogP contribution is 2.31. The summed E-state index contributed by atoms with van der Waals surface area (Å²) in [4.78, 5) is 27.0. The summed E-state index contributed by atoms with van der Waals surface area (Å²) in [5, 5.41) is 6.49. The predicted octanol–water partition coefficient (Wildman–Crippen LogP) is 3.67. The average molecular weight is 430 g/mol. The van der Waals surface area contributed by atoms with E-state index < -0.39 is 5.91 Å². The lowest BCUT2D eigenvalue weighted by molar-refractivity contribution is 0.100. The van der Waals surface area contributed by atoms with Gasteiger partial charge in [-0.2, -0.15) is 4.98 Å². The van der Waals surface area contributed by atoms with Gasteiger partial charge >= 0.3 is 0 Å². The maximum absolute atomic E-state index is 11.7. The summed E-state index contributed by atoms with van der Waals surface area (Å²) in [6, 6.07) is 12.9. The molecule has 3 heterocycles. The number of carbonyl (C=O) groups is 1. The molecule has 1 aliphatic heterocycles. The third-order valence-electron chi connectivity index (χ3n) is 6.12. The molecule has 32 heavy (non-hydrogen) atoms. The summed E-state index contributed by atoms with van der Waals surface area (Å²) in [7, 11) is 0. The predicted molar refractivity (Wildman–Crippen MR) is 125 cm³/mol. The molecule has 2 aromatic heterocycles. The van der Waals surface area contributed by atoms with E-state index in [4.69, 9.17) is 5.73 Å². The summed E-state index contributed by atoms with van der Waals surface area (Å²) in [5.74, 6) is 0.959. The highest BCUT2D eigenvalue weighted by Gasteiger charge is 2.24. The zero-order valence-corrected chi connectivity index (χ0v) is 17.9. The maximum Gasteiger partial charge on any atom is 0.254 e. The Hall–Kier alpha value is -3.68. The summed E-state index contributed by atoms with van der Waals surface area (Å²) >= 11 is 0. The van der Waals surface area contributed by atoms with Crippen LogP contribution in [0.1, 0.15) is 47.5 Å². The first-order chi connectivity index (χ1) is 15.7. The Kier molecular flexibility index (Phi) is 5.58. The number of anilines is 4. The number of pyridine rings is 1.